The van der Waals surface area contributed by atoms with E-state index in [0.717, 1.165) is 9.13 Å². The van der Waals surface area contributed by atoms with Crippen LogP contribution >= 0.6 is 33.9 Å². The van der Waals surface area contributed by atoms with E-state index in [1.54, 1.807) is 24.5 Å². The first-order valence-electron chi connectivity index (χ1n) is 13.2. The summed E-state index contributed by atoms with van der Waals surface area (Å²) in [5.74, 6) is 3.62. The Bertz CT molecular complexity index is 1710. The van der Waals surface area contributed by atoms with Crippen LogP contribution in [0.25, 0.3) is 6.08 Å². The average molecular weight is 687 g/mol. The van der Waals surface area contributed by atoms with Crippen molar-refractivity contribution in [2.24, 2.45) is 4.99 Å². The van der Waals surface area contributed by atoms with Crippen LogP contribution in [-0.4, -0.2) is 36.5 Å². The van der Waals surface area contributed by atoms with Crippen molar-refractivity contribution in [2.75, 3.05) is 19.8 Å². The summed E-state index contributed by atoms with van der Waals surface area (Å²) >= 11 is 3.41. The number of rotatable bonds is 10. The van der Waals surface area contributed by atoms with Crippen molar-refractivity contribution in [3.8, 4) is 29.6 Å². The number of esters is 1. The Morgan fingerprint density at radius 1 is 1.20 bits per heavy atom. The van der Waals surface area contributed by atoms with Crippen LogP contribution in [0.15, 0.2) is 57.5 Å². The molecule has 214 valence electrons. The van der Waals surface area contributed by atoms with Crippen LogP contribution in [0.4, 0.5) is 0 Å². The van der Waals surface area contributed by atoms with Crippen LogP contribution in [0.1, 0.15) is 51.8 Å². The summed E-state index contributed by atoms with van der Waals surface area (Å²) in [5, 5.41) is 0. The number of terminal acetylenes is 1. The van der Waals surface area contributed by atoms with Gasteiger partial charge in [-0.1, -0.05) is 35.5 Å². The summed E-state index contributed by atoms with van der Waals surface area (Å²) in [4.78, 5) is 32.5. The molecule has 1 aliphatic heterocycles. The molecule has 0 fully saturated rings. The zero-order valence-corrected chi connectivity index (χ0v) is 26.5. The van der Waals surface area contributed by atoms with Gasteiger partial charge >= 0.3 is 5.97 Å². The SMILES string of the molecule is C#CCOc1c(I)cc(/C=c2/sc3n(c2=O)[C@@H](c2ccccc2OC(C)C)C(C(=O)OCC)=C(C)N=3)cc1OCC. The van der Waals surface area contributed by atoms with E-state index in [0.29, 0.717) is 50.0 Å². The summed E-state index contributed by atoms with van der Waals surface area (Å²) in [5.41, 5.74) is 1.93. The number of hydrogen-bond acceptors (Lipinski definition) is 8. The summed E-state index contributed by atoms with van der Waals surface area (Å²) in [7, 11) is 0. The molecule has 0 unspecified atom stereocenters. The average Bonchev–Trinajstić information content (AvgIpc) is 3.22. The van der Waals surface area contributed by atoms with Gasteiger partial charge in [0.15, 0.2) is 16.3 Å². The van der Waals surface area contributed by atoms with E-state index in [2.05, 4.69) is 33.5 Å². The molecular formula is C31H31IN2O6S. The predicted octanol–water partition coefficient (Wildman–Crippen LogP) is 4.60. The molecule has 0 radical (unpaired) electrons. The molecule has 1 aliphatic rings. The van der Waals surface area contributed by atoms with Gasteiger partial charge in [0.1, 0.15) is 18.4 Å². The molecule has 41 heavy (non-hydrogen) atoms. The van der Waals surface area contributed by atoms with Crippen LogP contribution in [0.2, 0.25) is 0 Å². The van der Waals surface area contributed by atoms with E-state index >= 15 is 0 Å². The summed E-state index contributed by atoms with van der Waals surface area (Å²) in [6.45, 7) is 9.97. The molecule has 1 atom stereocenters. The van der Waals surface area contributed by atoms with Gasteiger partial charge in [-0.3, -0.25) is 9.36 Å². The number of nitrogens with zero attached hydrogens (tertiary/aromatic N) is 2. The lowest BCUT2D eigenvalue weighted by atomic mass is 9.95. The number of carbonyl (C=O) groups excluding carboxylic acids is 1. The Labute approximate surface area is 256 Å². The van der Waals surface area contributed by atoms with Gasteiger partial charge in [0.2, 0.25) is 0 Å². The van der Waals surface area contributed by atoms with Gasteiger partial charge in [0, 0.05) is 5.56 Å². The lowest BCUT2D eigenvalue weighted by molar-refractivity contribution is -0.139. The van der Waals surface area contributed by atoms with Crippen LogP contribution in [0, 0.1) is 15.9 Å². The fraction of sp³-hybridized carbons (Fsp3) is 0.323. The lowest BCUT2D eigenvalue weighted by Crippen LogP contribution is -2.40. The fourth-order valence-corrected chi connectivity index (χ4v) is 6.32. The van der Waals surface area contributed by atoms with Crippen LogP contribution in [-0.2, 0) is 9.53 Å². The number of allylic oxidation sites excluding steroid dienone is 1. The number of hydrogen-bond donors (Lipinski definition) is 0. The van der Waals surface area contributed by atoms with E-state index in [1.165, 1.54) is 11.3 Å². The van der Waals surface area contributed by atoms with Crippen molar-refractivity contribution in [3.63, 3.8) is 0 Å². The molecule has 0 saturated heterocycles. The lowest BCUT2D eigenvalue weighted by Gasteiger charge is -2.26. The van der Waals surface area contributed by atoms with Gasteiger partial charge in [-0.05, 0) is 87.0 Å². The zero-order valence-electron chi connectivity index (χ0n) is 23.5. The smallest absolute Gasteiger partial charge is 0.338 e. The standard InChI is InChI=1S/C31H31IN2O6S/c1-7-14-39-28-22(32)15-20(16-24(28)37-8-2)17-25-29(35)34-27(21-12-10-11-13-23(21)40-18(4)5)26(30(36)38-9-3)19(6)33-31(34)41-25/h1,10-13,15-18,27H,8-9,14H2,2-6H3/b25-17+/t27-/m0/s1. The van der Waals surface area contributed by atoms with Gasteiger partial charge in [-0.25, -0.2) is 9.79 Å². The van der Waals surface area contributed by atoms with Gasteiger partial charge in [0.25, 0.3) is 5.56 Å². The second-order valence-electron chi connectivity index (χ2n) is 9.26. The topological polar surface area (TPSA) is 88.4 Å². The molecule has 0 bridgehead atoms. The summed E-state index contributed by atoms with van der Waals surface area (Å²) in [6.07, 6.45) is 7.05. The Morgan fingerprint density at radius 3 is 2.63 bits per heavy atom. The Hall–Kier alpha value is -3.56. The molecule has 0 spiro atoms. The van der Waals surface area contributed by atoms with Crippen molar-refractivity contribution >= 4 is 46.0 Å². The quantitative estimate of drug-likeness (QED) is 0.176. The minimum Gasteiger partial charge on any atom is -0.491 e. The minimum atomic E-state index is -0.777. The van der Waals surface area contributed by atoms with Gasteiger partial charge < -0.3 is 18.9 Å². The van der Waals surface area contributed by atoms with Crippen molar-refractivity contribution in [1.29, 1.82) is 0 Å². The molecule has 2 aromatic carbocycles. The third-order valence-corrected chi connectivity index (χ3v) is 7.81. The van der Waals surface area contributed by atoms with Crippen molar-refractivity contribution in [3.05, 3.63) is 82.1 Å². The number of halogens is 1. The normalized spacial score (nSPS) is 14.8. The molecule has 0 amide bonds. The van der Waals surface area contributed by atoms with Gasteiger partial charge in [-0.15, -0.1) is 6.42 Å². The minimum absolute atomic E-state index is 0.109. The van der Waals surface area contributed by atoms with E-state index in [9.17, 15) is 9.59 Å². The second kappa shape index (κ2) is 13.4. The van der Waals surface area contributed by atoms with Crippen LogP contribution < -0.4 is 29.1 Å². The monoisotopic (exact) mass is 686 g/mol. The van der Waals surface area contributed by atoms with Crippen LogP contribution in [0.5, 0.6) is 17.2 Å². The molecule has 8 nitrogen and oxygen atoms in total. The number of fused-ring (bicyclic) bond motifs is 1. The first kappa shape index (κ1) is 30.4. The third kappa shape index (κ3) is 6.52. The number of para-hydroxylation sites is 1. The first-order valence-corrected chi connectivity index (χ1v) is 15.1. The third-order valence-electron chi connectivity index (χ3n) is 6.02. The molecule has 10 heteroatoms. The molecule has 1 aromatic heterocycles. The van der Waals surface area contributed by atoms with E-state index in [1.807, 2.05) is 57.2 Å². The Balaban J connectivity index is 1.94. The molecule has 0 N–H and O–H groups in total. The van der Waals surface area contributed by atoms with E-state index in [4.69, 9.17) is 25.4 Å². The molecular weight excluding hydrogens is 655 g/mol. The largest absolute Gasteiger partial charge is 0.491 e. The van der Waals surface area contributed by atoms with E-state index < -0.39 is 12.0 Å². The van der Waals surface area contributed by atoms with Crippen molar-refractivity contribution in [1.82, 2.24) is 4.57 Å². The number of carbonyl (C=O) groups is 1. The maximum Gasteiger partial charge on any atom is 0.338 e. The highest BCUT2D eigenvalue weighted by atomic mass is 127. The number of aromatic nitrogens is 1. The highest BCUT2D eigenvalue weighted by Gasteiger charge is 2.35. The number of thiazole rings is 1. The maximum atomic E-state index is 14.1. The Kier molecular flexibility index (Phi) is 9.94. The summed E-state index contributed by atoms with van der Waals surface area (Å²) in [6, 6.07) is 10.4. The highest BCUT2D eigenvalue weighted by molar-refractivity contribution is 14.1. The first-order chi connectivity index (χ1) is 19.7. The summed E-state index contributed by atoms with van der Waals surface area (Å²) < 4.78 is 25.8. The fourth-order valence-electron chi connectivity index (χ4n) is 4.49. The van der Waals surface area contributed by atoms with Gasteiger partial charge in [-0.2, -0.15) is 0 Å². The van der Waals surface area contributed by atoms with Crippen molar-refractivity contribution < 1.29 is 23.7 Å². The zero-order chi connectivity index (χ0) is 29.7. The number of benzene rings is 2. The Morgan fingerprint density at radius 2 is 1.95 bits per heavy atom. The van der Waals surface area contributed by atoms with E-state index in [-0.39, 0.29) is 24.9 Å². The number of ether oxygens (including phenoxy) is 4. The van der Waals surface area contributed by atoms with Gasteiger partial charge in [0.05, 0.1) is 38.7 Å². The van der Waals surface area contributed by atoms with Crippen molar-refractivity contribution in [2.45, 2.75) is 46.8 Å². The molecule has 2 heterocycles. The van der Waals surface area contributed by atoms with Crippen LogP contribution in [0.3, 0.4) is 0 Å². The maximum absolute atomic E-state index is 14.1. The highest BCUT2D eigenvalue weighted by Crippen LogP contribution is 2.37. The molecule has 0 aliphatic carbocycles. The molecule has 0 saturated carbocycles. The molecule has 3 aromatic rings. The molecule has 4 rings (SSSR count). The predicted molar refractivity (Wildman–Crippen MR) is 167 cm³/mol. The second-order valence-corrected chi connectivity index (χ2v) is 11.4.